The number of benzene rings is 2. The lowest BCUT2D eigenvalue weighted by Crippen LogP contribution is -1.89. The topological polar surface area (TPSA) is 23.8 Å². The van der Waals surface area contributed by atoms with E-state index in [9.17, 15) is 4.39 Å². The third kappa shape index (κ3) is 3.25. The molecule has 18 heavy (non-hydrogen) atoms. The Bertz CT molecular complexity index is 590. The SMILES string of the molecule is N#Cc1ccc(F)cc1CSc1ccc(Cl)cc1. The average Bonchev–Trinajstić information content (AvgIpc) is 2.38. The molecule has 4 heteroatoms. The molecular weight excluding hydrogens is 269 g/mol. The Morgan fingerprint density at radius 2 is 1.89 bits per heavy atom. The summed E-state index contributed by atoms with van der Waals surface area (Å²) in [5, 5.41) is 9.63. The fraction of sp³-hybridized carbons (Fsp3) is 0.0714. The predicted octanol–water partition coefficient (Wildman–Crippen LogP) is 4.64. The maximum Gasteiger partial charge on any atom is 0.123 e. The third-order valence-electron chi connectivity index (χ3n) is 2.40. The van der Waals surface area contributed by atoms with Crippen molar-refractivity contribution in [2.24, 2.45) is 0 Å². The van der Waals surface area contributed by atoms with Gasteiger partial charge in [-0.3, -0.25) is 0 Å². The van der Waals surface area contributed by atoms with E-state index in [4.69, 9.17) is 16.9 Å². The smallest absolute Gasteiger partial charge is 0.123 e. The molecule has 2 aromatic rings. The van der Waals surface area contributed by atoms with Crippen molar-refractivity contribution in [3.8, 4) is 6.07 Å². The lowest BCUT2D eigenvalue weighted by atomic mass is 10.1. The van der Waals surface area contributed by atoms with E-state index >= 15 is 0 Å². The Labute approximate surface area is 114 Å². The molecule has 0 aliphatic rings. The van der Waals surface area contributed by atoms with Crippen LogP contribution in [0.25, 0.3) is 0 Å². The fourth-order valence-electron chi connectivity index (χ4n) is 1.48. The number of halogens is 2. The van der Waals surface area contributed by atoms with Crippen molar-refractivity contribution < 1.29 is 4.39 Å². The minimum Gasteiger partial charge on any atom is -0.207 e. The Kier molecular flexibility index (Phi) is 4.24. The van der Waals surface area contributed by atoms with Crippen LogP contribution in [0.5, 0.6) is 0 Å². The molecule has 0 bridgehead atoms. The Balaban J connectivity index is 2.13. The van der Waals surface area contributed by atoms with Crippen LogP contribution in [0.1, 0.15) is 11.1 Å². The summed E-state index contributed by atoms with van der Waals surface area (Å²) in [5.41, 5.74) is 1.22. The molecule has 2 rings (SSSR count). The van der Waals surface area contributed by atoms with Crippen molar-refractivity contribution >= 4 is 23.4 Å². The first-order chi connectivity index (χ1) is 8.69. The van der Waals surface area contributed by atoms with Crippen LogP contribution in [0.3, 0.4) is 0 Å². The number of hydrogen-bond acceptors (Lipinski definition) is 2. The molecule has 0 amide bonds. The first-order valence-electron chi connectivity index (χ1n) is 5.26. The highest BCUT2D eigenvalue weighted by Crippen LogP contribution is 2.25. The lowest BCUT2D eigenvalue weighted by molar-refractivity contribution is 0.626. The second kappa shape index (κ2) is 5.90. The number of nitriles is 1. The highest BCUT2D eigenvalue weighted by molar-refractivity contribution is 7.98. The quantitative estimate of drug-likeness (QED) is 0.763. The van der Waals surface area contributed by atoms with Gasteiger partial charge in [0.25, 0.3) is 0 Å². The van der Waals surface area contributed by atoms with Crippen molar-refractivity contribution in [2.45, 2.75) is 10.6 Å². The largest absolute Gasteiger partial charge is 0.207 e. The van der Waals surface area contributed by atoms with Crippen LogP contribution in [0.4, 0.5) is 4.39 Å². The molecule has 0 spiro atoms. The standard InChI is InChI=1S/C14H9ClFNS/c15-12-2-5-14(6-3-12)18-9-11-7-13(16)4-1-10(11)8-17/h1-7H,9H2. The van der Waals surface area contributed by atoms with E-state index in [1.54, 1.807) is 23.9 Å². The number of hydrogen-bond donors (Lipinski definition) is 0. The van der Waals surface area contributed by atoms with Gasteiger partial charge in [-0.05, 0) is 48.0 Å². The molecule has 0 unspecified atom stereocenters. The Hall–Kier alpha value is -1.50. The van der Waals surface area contributed by atoms with E-state index in [-0.39, 0.29) is 5.82 Å². The van der Waals surface area contributed by atoms with Gasteiger partial charge >= 0.3 is 0 Å². The van der Waals surface area contributed by atoms with Crippen LogP contribution in [-0.2, 0) is 5.75 Å². The summed E-state index contributed by atoms with van der Waals surface area (Å²) in [5.74, 6) is 0.239. The van der Waals surface area contributed by atoms with Crippen molar-refractivity contribution in [3.63, 3.8) is 0 Å². The summed E-state index contributed by atoms with van der Waals surface area (Å²) in [7, 11) is 0. The van der Waals surface area contributed by atoms with E-state index in [2.05, 4.69) is 6.07 Å². The summed E-state index contributed by atoms with van der Waals surface area (Å²) in [6, 6.07) is 13.7. The van der Waals surface area contributed by atoms with Crippen LogP contribution in [0.15, 0.2) is 47.4 Å². The van der Waals surface area contributed by atoms with Crippen LogP contribution in [-0.4, -0.2) is 0 Å². The minimum atomic E-state index is -0.319. The van der Waals surface area contributed by atoms with Crippen molar-refractivity contribution in [3.05, 3.63) is 64.4 Å². The normalized spacial score (nSPS) is 10.1. The van der Waals surface area contributed by atoms with E-state index in [0.29, 0.717) is 21.9 Å². The average molecular weight is 278 g/mol. The van der Waals surface area contributed by atoms with Gasteiger partial charge in [-0.2, -0.15) is 5.26 Å². The summed E-state index contributed by atoms with van der Waals surface area (Å²) in [6.07, 6.45) is 0. The van der Waals surface area contributed by atoms with E-state index in [0.717, 1.165) is 4.90 Å². The van der Waals surface area contributed by atoms with Crippen LogP contribution >= 0.6 is 23.4 Å². The van der Waals surface area contributed by atoms with Gasteiger partial charge in [0.2, 0.25) is 0 Å². The monoisotopic (exact) mass is 277 g/mol. The summed E-state index contributed by atoms with van der Waals surface area (Å²) < 4.78 is 13.1. The first-order valence-corrected chi connectivity index (χ1v) is 6.62. The molecule has 2 aromatic carbocycles. The van der Waals surface area contributed by atoms with Crippen LogP contribution in [0.2, 0.25) is 5.02 Å². The fourth-order valence-corrected chi connectivity index (χ4v) is 2.50. The van der Waals surface area contributed by atoms with Gasteiger partial charge in [-0.1, -0.05) is 11.6 Å². The second-order valence-electron chi connectivity index (χ2n) is 3.66. The minimum absolute atomic E-state index is 0.319. The molecule has 0 aliphatic heterocycles. The molecule has 0 aromatic heterocycles. The molecule has 1 nitrogen and oxygen atoms in total. The van der Waals surface area contributed by atoms with Gasteiger partial charge in [-0.25, -0.2) is 4.39 Å². The first kappa shape index (κ1) is 12.9. The molecule has 0 fully saturated rings. The highest BCUT2D eigenvalue weighted by atomic mass is 35.5. The van der Waals surface area contributed by atoms with Crippen molar-refractivity contribution in [2.75, 3.05) is 0 Å². The van der Waals surface area contributed by atoms with Gasteiger partial charge in [0.15, 0.2) is 0 Å². The molecule has 0 N–H and O–H groups in total. The van der Waals surface area contributed by atoms with Crippen LogP contribution < -0.4 is 0 Å². The van der Waals surface area contributed by atoms with E-state index < -0.39 is 0 Å². The second-order valence-corrected chi connectivity index (χ2v) is 5.14. The molecule has 0 atom stereocenters. The molecule has 0 saturated carbocycles. The van der Waals surface area contributed by atoms with Gasteiger partial charge in [0.05, 0.1) is 11.6 Å². The molecule has 0 saturated heterocycles. The molecular formula is C14H9ClFNS. The maximum atomic E-state index is 13.1. The highest BCUT2D eigenvalue weighted by Gasteiger charge is 2.04. The third-order valence-corrected chi connectivity index (χ3v) is 3.71. The predicted molar refractivity (Wildman–Crippen MR) is 72.1 cm³/mol. The van der Waals surface area contributed by atoms with Gasteiger partial charge in [-0.15, -0.1) is 11.8 Å². The summed E-state index contributed by atoms with van der Waals surface area (Å²) >= 11 is 7.34. The number of rotatable bonds is 3. The van der Waals surface area contributed by atoms with Gasteiger partial charge in [0, 0.05) is 15.7 Å². The van der Waals surface area contributed by atoms with Gasteiger partial charge < -0.3 is 0 Å². The Morgan fingerprint density at radius 3 is 2.56 bits per heavy atom. The molecule has 90 valence electrons. The van der Waals surface area contributed by atoms with Crippen molar-refractivity contribution in [1.82, 2.24) is 0 Å². The zero-order chi connectivity index (χ0) is 13.0. The summed E-state index contributed by atoms with van der Waals surface area (Å²) in [6.45, 7) is 0. The van der Waals surface area contributed by atoms with E-state index in [1.165, 1.54) is 18.2 Å². The van der Waals surface area contributed by atoms with Gasteiger partial charge in [0.1, 0.15) is 5.82 Å². The zero-order valence-corrected chi connectivity index (χ0v) is 10.9. The number of nitrogens with zero attached hydrogens (tertiary/aromatic N) is 1. The lowest BCUT2D eigenvalue weighted by Gasteiger charge is -2.04. The molecule has 0 aliphatic carbocycles. The summed E-state index contributed by atoms with van der Waals surface area (Å²) in [4.78, 5) is 1.03. The molecule has 0 radical (unpaired) electrons. The van der Waals surface area contributed by atoms with Crippen molar-refractivity contribution in [1.29, 1.82) is 5.26 Å². The zero-order valence-electron chi connectivity index (χ0n) is 9.36. The van der Waals surface area contributed by atoms with E-state index in [1.807, 2.05) is 12.1 Å². The number of thioether (sulfide) groups is 1. The molecule has 0 heterocycles. The Morgan fingerprint density at radius 1 is 1.17 bits per heavy atom. The van der Waals surface area contributed by atoms with Crippen LogP contribution in [0, 0.1) is 17.1 Å². The maximum absolute atomic E-state index is 13.1.